The fourth-order valence-electron chi connectivity index (χ4n) is 3.99. The number of hydrogen-bond donors (Lipinski definition) is 2. The minimum Gasteiger partial charge on any atom is -0.452 e. The van der Waals surface area contributed by atoms with Gasteiger partial charge in [0.25, 0.3) is 11.8 Å². The summed E-state index contributed by atoms with van der Waals surface area (Å²) in [7, 11) is 0. The van der Waals surface area contributed by atoms with Crippen molar-refractivity contribution in [3.05, 3.63) is 95.6 Å². The van der Waals surface area contributed by atoms with E-state index < -0.39 is 18.5 Å². The summed E-state index contributed by atoms with van der Waals surface area (Å²) in [6.45, 7) is 2.03. The van der Waals surface area contributed by atoms with Crippen molar-refractivity contribution in [2.24, 2.45) is 0 Å². The lowest BCUT2D eigenvalue weighted by Gasteiger charge is -2.16. The summed E-state index contributed by atoms with van der Waals surface area (Å²) in [5, 5.41) is 5.57. The first-order valence-electron chi connectivity index (χ1n) is 11.7. The Labute approximate surface area is 209 Å². The Morgan fingerprint density at radius 3 is 2.33 bits per heavy atom. The lowest BCUT2D eigenvalue weighted by Crippen LogP contribution is -2.28. The average molecular weight is 486 g/mol. The van der Waals surface area contributed by atoms with Gasteiger partial charge in [0.1, 0.15) is 0 Å². The maximum absolute atomic E-state index is 12.9. The number of para-hydroxylation sites is 1. The monoisotopic (exact) mass is 485 g/mol. The zero-order chi connectivity index (χ0) is 25.5. The number of benzene rings is 3. The first kappa shape index (κ1) is 24.7. The molecule has 1 fully saturated rings. The number of esters is 1. The summed E-state index contributed by atoms with van der Waals surface area (Å²) >= 11 is 0. The third-order valence-electron chi connectivity index (χ3n) is 5.92. The average Bonchev–Trinajstić information content (AvgIpc) is 3.33. The Hall–Kier alpha value is -4.46. The van der Waals surface area contributed by atoms with E-state index in [0.717, 1.165) is 17.7 Å². The summed E-state index contributed by atoms with van der Waals surface area (Å²) < 4.78 is 5.14. The number of carbonyl (C=O) groups is 4. The molecule has 36 heavy (non-hydrogen) atoms. The van der Waals surface area contributed by atoms with Gasteiger partial charge >= 0.3 is 5.97 Å². The van der Waals surface area contributed by atoms with E-state index in [1.54, 1.807) is 53.4 Å². The predicted octanol–water partition coefficient (Wildman–Crippen LogP) is 4.10. The topological polar surface area (TPSA) is 105 Å². The second-order valence-corrected chi connectivity index (χ2v) is 8.47. The molecule has 184 valence electrons. The molecule has 1 aliphatic heterocycles. The summed E-state index contributed by atoms with van der Waals surface area (Å²) in [6.07, 6.45) is 1.34. The van der Waals surface area contributed by atoms with Gasteiger partial charge in [0.05, 0.1) is 22.9 Å². The Morgan fingerprint density at radius 1 is 0.944 bits per heavy atom. The highest BCUT2D eigenvalue weighted by Crippen LogP contribution is 2.22. The van der Waals surface area contributed by atoms with E-state index >= 15 is 0 Å². The van der Waals surface area contributed by atoms with E-state index in [1.807, 2.05) is 37.3 Å². The Bertz CT molecular complexity index is 1260. The Balaban J connectivity index is 1.32. The number of rotatable bonds is 8. The highest BCUT2D eigenvalue weighted by atomic mass is 16.5. The van der Waals surface area contributed by atoms with Crippen LogP contribution >= 0.6 is 0 Å². The van der Waals surface area contributed by atoms with Crippen LogP contribution in [0.15, 0.2) is 78.9 Å². The van der Waals surface area contributed by atoms with E-state index in [1.165, 1.54) is 0 Å². The van der Waals surface area contributed by atoms with Crippen LogP contribution in [-0.2, 0) is 14.3 Å². The van der Waals surface area contributed by atoms with Gasteiger partial charge in [-0.05, 0) is 55.3 Å². The standard InChI is InChI=1S/C28H27N3O5/c1-19(20-8-3-2-4-9-20)29-27(34)23-10-5-6-11-24(23)30-25(32)18-36-28(35)21-13-15-22(16-14-21)31-17-7-12-26(31)33/h2-6,8-11,13-16,19H,7,12,17-18H2,1H3,(H,29,34)(H,30,32). The van der Waals surface area contributed by atoms with E-state index in [2.05, 4.69) is 10.6 Å². The number of amides is 3. The molecule has 4 rings (SSSR count). The van der Waals surface area contributed by atoms with Crippen LogP contribution in [0.25, 0.3) is 0 Å². The summed E-state index contributed by atoms with van der Waals surface area (Å²) in [5.74, 6) is -1.51. The molecular weight excluding hydrogens is 458 g/mol. The molecule has 3 aromatic rings. The molecule has 0 bridgehead atoms. The molecule has 0 spiro atoms. The second-order valence-electron chi connectivity index (χ2n) is 8.47. The lowest BCUT2D eigenvalue weighted by molar-refractivity contribution is -0.119. The fourth-order valence-corrected chi connectivity index (χ4v) is 3.99. The zero-order valence-corrected chi connectivity index (χ0v) is 19.9. The van der Waals surface area contributed by atoms with Crippen LogP contribution in [0.1, 0.15) is 52.1 Å². The molecule has 3 aromatic carbocycles. The highest BCUT2D eigenvalue weighted by molar-refractivity contribution is 6.04. The van der Waals surface area contributed by atoms with Crippen molar-refractivity contribution in [3.63, 3.8) is 0 Å². The molecule has 8 nitrogen and oxygen atoms in total. The molecular formula is C28H27N3O5. The lowest BCUT2D eigenvalue weighted by atomic mass is 10.1. The van der Waals surface area contributed by atoms with Crippen molar-refractivity contribution in [1.29, 1.82) is 0 Å². The van der Waals surface area contributed by atoms with Crippen LogP contribution in [0.3, 0.4) is 0 Å². The Morgan fingerprint density at radius 2 is 1.64 bits per heavy atom. The second kappa shape index (κ2) is 11.3. The van der Waals surface area contributed by atoms with Crippen molar-refractivity contribution < 1.29 is 23.9 Å². The fraction of sp³-hybridized carbons (Fsp3) is 0.214. The molecule has 0 aromatic heterocycles. The molecule has 1 heterocycles. The predicted molar refractivity (Wildman–Crippen MR) is 136 cm³/mol. The van der Waals surface area contributed by atoms with E-state index in [-0.39, 0.29) is 23.4 Å². The van der Waals surface area contributed by atoms with Crippen LogP contribution in [0.4, 0.5) is 11.4 Å². The molecule has 1 aliphatic rings. The third-order valence-corrected chi connectivity index (χ3v) is 5.92. The van der Waals surface area contributed by atoms with Gasteiger partial charge in [-0.3, -0.25) is 14.4 Å². The van der Waals surface area contributed by atoms with E-state index in [0.29, 0.717) is 24.2 Å². The number of nitrogens with one attached hydrogen (secondary N) is 2. The number of hydrogen-bond acceptors (Lipinski definition) is 5. The quantitative estimate of drug-likeness (QED) is 0.468. The summed E-state index contributed by atoms with van der Waals surface area (Å²) in [5.41, 5.74) is 2.57. The van der Waals surface area contributed by atoms with Crippen molar-refractivity contribution in [3.8, 4) is 0 Å². The van der Waals surface area contributed by atoms with Gasteiger partial charge in [0, 0.05) is 18.7 Å². The SMILES string of the molecule is CC(NC(=O)c1ccccc1NC(=O)COC(=O)c1ccc(N2CCCC2=O)cc1)c1ccccc1. The molecule has 8 heteroatoms. The molecule has 1 atom stereocenters. The minimum atomic E-state index is -0.660. The van der Waals surface area contributed by atoms with Gasteiger partial charge < -0.3 is 20.3 Å². The van der Waals surface area contributed by atoms with Crippen LogP contribution < -0.4 is 15.5 Å². The smallest absolute Gasteiger partial charge is 0.338 e. The van der Waals surface area contributed by atoms with Gasteiger partial charge in [-0.2, -0.15) is 0 Å². The van der Waals surface area contributed by atoms with Gasteiger partial charge in [-0.15, -0.1) is 0 Å². The Kier molecular flexibility index (Phi) is 7.75. The van der Waals surface area contributed by atoms with Crippen LogP contribution in [0.2, 0.25) is 0 Å². The van der Waals surface area contributed by atoms with Crippen molar-refractivity contribution >= 4 is 35.1 Å². The first-order chi connectivity index (χ1) is 17.4. The van der Waals surface area contributed by atoms with Gasteiger partial charge in [0.15, 0.2) is 6.61 Å². The summed E-state index contributed by atoms with van der Waals surface area (Å²) in [4.78, 5) is 51.2. The van der Waals surface area contributed by atoms with Crippen LogP contribution in [-0.4, -0.2) is 36.8 Å². The van der Waals surface area contributed by atoms with E-state index in [4.69, 9.17) is 4.74 Å². The maximum atomic E-state index is 12.9. The van der Waals surface area contributed by atoms with Gasteiger partial charge in [-0.25, -0.2) is 4.79 Å². The zero-order valence-electron chi connectivity index (χ0n) is 19.9. The molecule has 1 saturated heterocycles. The summed E-state index contributed by atoms with van der Waals surface area (Å²) in [6, 6.07) is 22.5. The minimum absolute atomic E-state index is 0.0606. The molecule has 0 saturated carbocycles. The maximum Gasteiger partial charge on any atom is 0.338 e. The molecule has 0 aliphatic carbocycles. The number of anilines is 2. The van der Waals surface area contributed by atoms with Gasteiger partial charge in [-0.1, -0.05) is 42.5 Å². The number of ether oxygens (including phenoxy) is 1. The normalized spacial score (nSPS) is 13.7. The molecule has 0 radical (unpaired) electrons. The van der Waals surface area contributed by atoms with Crippen molar-refractivity contribution in [2.45, 2.75) is 25.8 Å². The van der Waals surface area contributed by atoms with E-state index in [9.17, 15) is 19.2 Å². The number of carbonyl (C=O) groups excluding carboxylic acids is 4. The van der Waals surface area contributed by atoms with Crippen molar-refractivity contribution in [2.75, 3.05) is 23.4 Å². The van der Waals surface area contributed by atoms with Crippen LogP contribution in [0, 0.1) is 0 Å². The third kappa shape index (κ3) is 5.96. The first-order valence-corrected chi connectivity index (χ1v) is 11.7. The number of nitrogens with zero attached hydrogens (tertiary/aromatic N) is 1. The molecule has 2 N–H and O–H groups in total. The highest BCUT2D eigenvalue weighted by Gasteiger charge is 2.22. The molecule has 1 unspecified atom stereocenters. The largest absolute Gasteiger partial charge is 0.452 e. The van der Waals surface area contributed by atoms with Crippen molar-refractivity contribution in [1.82, 2.24) is 5.32 Å². The van der Waals surface area contributed by atoms with Gasteiger partial charge in [0.2, 0.25) is 5.91 Å². The molecule has 3 amide bonds. The van der Waals surface area contributed by atoms with Crippen LogP contribution in [0.5, 0.6) is 0 Å².